The second-order valence-corrected chi connectivity index (χ2v) is 5.84. The Morgan fingerprint density at radius 2 is 1.82 bits per heavy atom. The molecule has 118 valence electrons. The first-order valence-corrected chi connectivity index (χ1v) is 7.26. The molecule has 0 radical (unpaired) electrons. The predicted molar refractivity (Wildman–Crippen MR) is 81.9 cm³/mol. The van der Waals surface area contributed by atoms with Crippen LogP contribution >= 0.6 is 0 Å². The Morgan fingerprint density at radius 3 is 2.36 bits per heavy atom. The smallest absolute Gasteiger partial charge is 0.321 e. The number of benzene rings is 1. The van der Waals surface area contributed by atoms with Gasteiger partial charge in [0.05, 0.1) is 5.92 Å². The van der Waals surface area contributed by atoms with Crippen molar-refractivity contribution in [1.82, 2.24) is 4.90 Å². The van der Waals surface area contributed by atoms with Crippen molar-refractivity contribution in [3.63, 3.8) is 0 Å². The lowest BCUT2D eigenvalue weighted by molar-refractivity contribution is -0.143. The highest BCUT2D eigenvalue weighted by Crippen LogP contribution is 2.22. The lowest BCUT2D eigenvalue weighted by Gasteiger charge is -2.34. The van der Waals surface area contributed by atoms with Gasteiger partial charge in [0.1, 0.15) is 0 Å². The number of nitrogens with zero attached hydrogens (tertiary/aromatic N) is 1. The first-order chi connectivity index (χ1) is 10.4. The maximum atomic E-state index is 12.3. The first-order valence-electron chi connectivity index (χ1n) is 7.26. The summed E-state index contributed by atoms with van der Waals surface area (Å²) in [5.74, 6) is -1.27. The SMILES string of the molecule is CC(=O)c1ccc(NC(=O)N2CC(C)CC(C(=O)O)C2)cc1. The van der Waals surface area contributed by atoms with E-state index >= 15 is 0 Å². The molecule has 1 heterocycles. The van der Waals surface area contributed by atoms with Crippen molar-refractivity contribution in [2.45, 2.75) is 20.3 Å². The van der Waals surface area contributed by atoms with Gasteiger partial charge in [-0.05, 0) is 43.5 Å². The Kier molecular flexibility index (Phi) is 4.80. The number of aliphatic carboxylic acids is 1. The van der Waals surface area contributed by atoms with Crippen LogP contribution in [0.25, 0.3) is 0 Å². The summed E-state index contributed by atoms with van der Waals surface area (Å²) < 4.78 is 0. The molecule has 2 N–H and O–H groups in total. The fourth-order valence-corrected chi connectivity index (χ4v) is 2.69. The predicted octanol–water partition coefficient (Wildman–Crippen LogP) is 2.46. The third kappa shape index (κ3) is 3.84. The summed E-state index contributed by atoms with van der Waals surface area (Å²) in [6.07, 6.45) is 0.590. The second-order valence-electron chi connectivity index (χ2n) is 5.84. The van der Waals surface area contributed by atoms with Crippen LogP contribution in [0.5, 0.6) is 0 Å². The van der Waals surface area contributed by atoms with Crippen LogP contribution in [0.3, 0.4) is 0 Å². The summed E-state index contributed by atoms with van der Waals surface area (Å²) in [6, 6.07) is 6.31. The minimum absolute atomic E-state index is 0.0352. The molecule has 1 fully saturated rings. The molecule has 2 unspecified atom stereocenters. The van der Waals surface area contributed by atoms with Crippen LogP contribution in [0.2, 0.25) is 0 Å². The number of hydrogen-bond acceptors (Lipinski definition) is 3. The zero-order chi connectivity index (χ0) is 16.3. The van der Waals surface area contributed by atoms with Crippen molar-refractivity contribution in [2.24, 2.45) is 11.8 Å². The minimum Gasteiger partial charge on any atom is -0.481 e. The molecule has 0 aliphatic carbocycles. The number of carbonyl (C=O) groups is 3. The summed E-state index contributed by atoms with van der Waals surface area (Å²) in [4.78, 5) is 36.1. The van der Waals surface area contributed by atoms with E-state index in [1.54, 1.807) is 24.3 Å². The maximum absolute atomic E-state index is 12.3. The fourth-order valence-electron chi connectivity index (χ4n) is 2.69. The van der Waals surface area contributed by atoms with Gasteiger partial charge < -0.3 is 15.3 Å². The van der Waals surface area contributed by atoms with Crippen molar-refractivity contribution in [1.29, 1.82) is 0 Å². The van der Waals surface area contributed by atoms with Crippen molar-refractivity contribution >= 4 is 23.5 Å². The molecule has 0 aromatic heterocycles. The molecule has 1 saturated heterocycles. The average Bonchev–Trinajstić information content (AvgIpc) is 2.47. The number of carboxylic acids is 1. The molecule has 2 rings (SSSR count). The van der Waals surface area contributed by atoms with E-state index in [0.717, 1.165) is 0 Å². The van der Waals surface area contributed by atoms with Crippen LogP contribution in [0.4, 0.5) is 10.5 Å². The molecule has 2 amide bonds. The number of anilines is 1. The number of carbonyl (C=O) groups excluding carboxylic acids is 2. The molecular weight excluding hydrogens is 284 g/mol. The largest absolute Gasteiger partial charge is 0.481 e. The fraction of sp³-hybridized carbons (Fsp3) is 0.438. The average molecular weight is 304 g/mol. The van der Waals surface area contributed by atoms with E-state index in [1.165, 1.54) is 11.8 Å². The van der Waals surface area contributed by atoms with Gasteiger partial charge in [0, 0.05) is 24.3 Å². The van der Waals surface area contributed by atoms with Crippen molar-refractivity contribution in [2.75, 3.05) is 18.4 Å². The first kappa shape index (κ1) is 16.0. The number of amides is 2. The summed E-state index contributed by atoms with van der Waals surface area (Å²) in [5.41, 5.74) is 1.16. The Bertz CT molecular complexity index is 582. The number of carboxylic acid groups (broad SMARTS) is 1. The van der Waals surface area contributed by atoms with Gasteiger partial charge in [-0.15, -0.1) is 0 Å². The van der Waals surface area contributed by atoms with Gasteiger partial charge in [-0.1, -0.05) is 6.92 Å². The number of hydrogen-bond donors (Lipinski definition) is 2. The van der Waals surface area contributed by atoms with Crippen LogP contribution in [-0.2, 0) is 4.79 Å². The number of nitrogens with one attached hydrogen (secondary N) is 1. The van der Waals surface area contributed by atoms with Gasteiger partial charge >= 0.3 is 12.0 Å². The summed E-state index contributed by atoms with van der Waals surface area (Å²) in [7, 11) is 0. The number of rotatable bonds is 3. The summed E-state index contributed by atoms with van der Waals surface area (Å²) in [6.45, 7) is 4.18. The zero-order valence-corrected chi connectivity index (χ0v) is 12.7. The van der Waals surface area contributed by atoms with E-state index < -0.39 is 11.9 Å². The Hall–Kier alpha value is -2.37. The number of urea groups is 1. The van der Waals surface area contributed by atoms with E-state index in [4.69, 9.17) is 5.11 Å². The van der Waals surface area contributed by atoms with E-state index in [1.807, 2.05) is 6.92 Å². The Morgan fingerprint density at radius 1 is 1.18 bits per heavy atom. The lowest BCUT2D eigenvalue weighted by atomic mass is 9.91. The van der Waals surface area contributed by atoms with Crippen LogP contribution in [0.1, 0.15) is 30.6 Å². The molecule has 0 spiro atoms. The highest BCUT2D eigenvalue weighted by Gasteiger charge is 2.31. The number of ketones is 1. The van der Waals surface area contributed by atoms with Gasteiger partial charge in [-0.2, -0.15) is 0 Å². The monoisotopic (exact) mass is 304 g/mol. The normalized spacial score (nSPS) is 21.3. The lowest BCUT2D eigenvalue weighted by Crippen LogP contribution is -2.47. The highest BCUT2D eigenvalue weighted by atomic mass is 16.4. The second kappa shape index (κ2) is 6.60. The molecule has 6 heteroatoms. The summed E-state index contributed by atoms with van der Waals surface area (Å²) in [5, 5.41) is 11.9. The molecule has 22 heavy (non-hydrogen) atoms. The number of Topliss-reactive ketones (excluding diaryl/α,β-unsaturated/α-hetero) is 1. The van der Waals surface area contributed by atoms with E-state index in [2.05, 4.69) is 5.32 Å². The molecule has 0 bridgehead atoms. The van der Waals surface area contributed by atoms with E-state index in [0.29, 0.717) is 24.2 Å². The molecule has 1 aromatic rings. The standard InChI is InChI=1S/C16H20N2O4/c1-10-7-13(15(20)21)9-18(8-10)16(22)17-14-5-3-12(4-6-14)11(2)19/h3-6,10,13H,7-9H2,1-2H3,(H,17,22)(H,20,21). The van der Waals surface area contributed by atoms with Gasteiger partial charge in [-0.25, -0.2) is 4.79 Å². The molecule has 1 aromatic carbocycles. The van der Waals surface area contributed by atoms with Crippen molar-refractivity contribution < 1.29 is 19.5 Å². The van der Waals surface area contributed by atoms with Gasteiger partial charge in [0.2, 0.25) is 0 Å². The van der Waals surface area contributed by atoms with Crippen LogP contribution < -0.4 is 5.32 Å². The van der Waals surface area contributed by atoms with Gasteiger partial charge in [0.15, 0.2) is 5.78 Å². The highest BCUT2D eigenvalue weighted by molar-refractivity contribution is 5.95. The molecule has 6 nitrogen and oxygen atoms in total. The van der Waals surface area contributed by atoms with E-state index in [-0.39, 0.29) is 24.3 Å². The quantitative estimate of drug-likeness (QED) is 0.840. The third-order valence-corrected chi connectivity index (χ3v) is 3.84. The topological polar surface area (TPSA) is 86.7 Å². The van der Waals surface area contributed by atoms with Gasteiger partial charge in [-0.3, -0.25) is 9.59 Å². The molecule has 0 saturated carbocycles. The Balaban J connectivity index is 2.01. The molecule has 1 aliphatic rings. The summed E-state index contributed by atoms with van der Waals surface area (Å²) >= 11 is 0. The zero-order valence-electron chi connectivity index (χ0n) is 12.7. The maximum Gasteiger partial charge on any atom is 0.321 e. The van der Waals surface area contributed by atoms with Crippen LogP contribution in [-0.4, -0.2) is 40.9 Å². The van der Waals surface area contributed by atoms with Crippen LogP contribution in [0.15, 0.2) is 24.3 Å². The number of likely N-dealkylation sites (tertiary alicyclic amines) is 1. The number of piperidine rings is 1. The Labute approximate surface area is 129 Å². The molecule has 2 atom stereocenters. The van der Waals surface area contributed by atoms with Crippen molar-refractivity contribution in [3.05, 3.63) is 29.8 Å². The third-order valence-electron chi connectivity index (χ3n) is 3.84. The molecular formula is C16H20N2O4. The minimum atomic E-state index is -0.866. The molecule has 1 aliphatic heterocycles. The van der Waals surface area contributed by atoms with Crippen LogP contribution in [0, 0.1) is 11.8 Å². The van der Waals surface area contributed by atoms with Gasteiger partial charge in [0.25, 0.3) is 0 Å². The van der Waals surface area contributed by atoms with Crippen molar-refractivity contribution in [3.8, 4) is 0 Å². The van der Waals surface area contributed by atoms with E-state index in [9.17, 15) is 14.4 Å².